The number of carbonyl (C=O) groups is 1. The summed E-state index contributed by atoms with van der Waals surface area (Å²) in [4.78, 5) is 14.9. The average Bonchev–Trinajstić information content (AvgIpc) is 2.98. The molecule has 0 bridgehead atoms. The molecular weight excluding hydrogens is 327 g/mol. The third-order valence-electron chi connectivity index (χ3n) is 3.10. The van der Waals surface area contributed by atoms with Gasteiger partial charge in [0, 0.05) is 18.5 Å². The van der Waals surface area contributed by atoms with Crippen LogP contribution in [-0.4, -0.2) is 18.0 Å². The van der Waals surface area contributed by atoms with Gasteiger partial charge in [-0.25, -0.2) is 4.79 Å². The molecule has 21 heavy (non-hydrogen) atoms. The predicted octanol–water partition coefficient (Wildman–Crippen LogP) is 4.96. The van der Waals surface area contributed by atoms with Crippen molar-refractivity contribution in [2.75, 3.05) is 7.05 Å². The molecule has 2 aromatic rings. The molecule has 6 heteroatoms. The molecule has 2 rings (SSSR count). The van der Waals surface area contributed by atoms with Crippen molar-refractivity contribution in [2.45, 2.75) is 19.5 Å². The van der Waals surface area contributed by atoms with Crippen molar-refractivity contribution in [3.05, 3.63) is 56.2 Å². The molecule has 0 spiro atoms. The van der Waals surface area contributed by atoms with Gasteiger partial charge in [0.05, 0.1) is 16.1 Å². The summed E-state index contributed by atoms with van der Waals surface area (Å²) in [6.07, 6.45) is 0. The van der Waals surface area contributed by atoms with Crippen LogP contribution in [0.5, 0.6) is 0 Å². The molecular formula is C15H16Cl2N2OS. The fraction of sp³-hybridized carbons (Fsp3) is 0.267. The van der Waals surface area contributed by atoms with Crippen molar-refractivity contribution in [3.63, 3.8) is 0 Å². The maximum absolute atomic E-state index is 12.2. The average molecular weight is 343 g/mol. The lowest BCUT2D eigenvalue weighted by Gasteiger charge is -2.21. The van der Waals surface area contributed by atoms with Crippen LogP contribution in [0.4, 0.5) is 4.79 Å². The van der Waals surface area contributed by atoms with Gasteiger partial charge in [-0.05, 0) is 30.0 Å². The van der Waals surface area contributed by atoms with Crippen LogP contribution in [0.2, 0.25) is 10.0 Å². The third-order valence-corrected chi connectivity index (χ3v) is 5.01. The van der Waals surface area contributed by atoms with Gasteiger partial charge in [-0.2, -0.15) is 0 Å². The van der Waals surface area contributed by atoms with Gasteiger partial charge in [0.25, 0.3) is 0 Å². The Morgan fingerprint density at radius 2 is 2.10 bits per heavy atom. The van der Waals surface area contributed by atoms with E-state index in [1.54, 1.807) is 29.4 Å². The van der Waals surface area contributed by atoms with E-state index in [2.05, 4.69) is 5.32 Å². The number of rotatable bonds is 4. The van der Waals surface area contributed by atoms with Gasteiger partial charge in [-0.15, -0.1) is 11.3 Å². The summed E-state index contributed by atoms with van der Waals surface area (Å²) in [6.45, 7) is 2.37. The Kier molecular flexibility index (Phi) is 5.51. The maximum Gasteiger partial charge on any atom is 0.317 e. The van der Waals surface area contributed by atoms with Crippen molar-refractivity contribution >= 4 is 40.6 Å². The lowest BCUT2D eigenvalue weighted by molar-refractivity contribution is 0.203. The summed E-state index contributed by atoms with van der Waals surface area (Å²) in [5, 5.41) is 5.94. The van der Waals surface area contributed by atoms with Crippen molar-refractivity contribution in [1.82, 2.24) is 10.2 Å². The summed E-state index contributed by atoms with van der Waals surface area (Å²) in [6, 6.07) is 9.22. The first-order valence-electron chi connectivity index (χ1n) is 6.47. The second kappa shape index (κ2) is 7.16. The second-order valence-corrected chi connectivity index (χ2v) is 6.52. The number of urea groups is 1. The highest BCUT2D eigenvalue weighted by Crippen LogP contribution is 2.26. The Hall–Kier alpha value is -1.23. The van der Waals surface area contributed by atoms with Crippen LogP contribution >= 0.6 is 34.5 Å². The Balaban J connectivity index is 1.98. The SMILES string of the molecule is C[C@@H](NC(=O)N(C)Cc1cccc(Cl)c1Cl)c1cccs1. The molecule has 0 radical (unpaired) electrons. The van der Waals surface area contributed by atoms with Crippen LogP contribution in [0.25, 0.3) is 0 Å². The molecule has 1 aromatic heterocycles. The lowest BCUT2D eigenvalue weighted by Crippen LogP contribution is -2.38. The lowest BCUT2D eigenvalue weighted by atomic mass is 10.2. The van der Waals surface area contributed by atoms with Crippen LogP contribution in [0.1, 0.15) is 23.4 Å². The van der Waals surface area contributed by atoms with E-state index >= 15 is 0 Å². The standard InChI is InChI=1S/C15H16Cl2N2OS/c1-10(13-7-4-8-21-13)18-15(20)19(2)9-11-5-3-6-12(16)14(11)17/h3-8,10H,9H2,1-2H3,(H,18,20)/t10-/m1/s1. The molecule has 112 valence electrons. The van der Waals surface area contributed by atoms with Crippen molar-refractivity contribution in [3.8, 4) is 0 Å². The van der Waals surface area contributed by atoms with Crippen molar-refractivity contribution in [2.24, 2.45) is 0 Å². The molecule has 1 aromatic carbocycles. The van der Waals surface area contributed by atoms with Crippen LogP contribution in [-0.2, 0) is 6.54 Å². The highest BCUT2D eigenvalue weighted by atomic mass is 35.5. The molecule has 0 fully saturated rings. The smallest absolute Gasteiger partial charge is 0.317 e. The summed E-state index contributed by atoms with van der Waals surface area (Å²) >= 11 is 13.7. The minimum absolute atomic E-state index is 0.0187. The van der Waals surface area contributed by atoms with Crippen LogP contribution in [0.3, 0.4) is 0 Å². The van der Waals surface area contributed by atoms with E-state index in [1.165, 1.54) is 0 Å². The number of benzene rings is 1. The van der Waals surface area contributed by atoms with Crippen LogP contribution in [0, 0.1) is 0 Å². The largest absolute Gasteiger partial charge is 0.331 e. The van der Waals surface area contributed by atoms with Crippen LogP contribution in [0.15, 0.2) is 35.7 Å². The number of hydrogen-bond acceptors (Lipinski definition) is 2. The topological polar surface area (TPSA) is 32.3 Å². The molecule has 0 saturated heterocycles. The number of nitrogens with one attached hydrogen (secondary N) is 1. The van der Waals surface area contributed by atoms with E-state index in [0.29, 0.717) is 16.6 Å². The molecule has 1 heterocycles. The first kappa shape index (κ1) is 16.1. The summed E-state index contributed by atoms with van der Waals surface area (Å²) in [7, 11) is 1.73. The van der Waals surface area contributed by atoms with Crippen molar-refractivity contribution < 1.29 is 4.79 Å². The molecule has 3 nitrogen and oxygen atoms in total. The predicted molar refractivity (Wildman–Crippen MR) is 89.2 cm³/mol. The number of nitrogens with zero attached hydrogens (tertiary/aromatic N) is 1. The Morgan fingerprint density at radius 1 is 1.33 bits per heavy atom. The molecule has 1 N–H and O–H groups in total. The van der Waals surface area contributed by atoms with Gasteiger partial charge in [0.1, 0.15) is 0 Å². The fourth-order valence-corrected chi connectivity index (χ4v) is 3.02. The van der Waals surface area contributed by atoms with E-state index < -0.39 is 0 Å². The molecule has 0 aliphatic heterocycles. The minimum Gasteiger partial charge on any atom is -0.331 e. The number of amides is 2. The van der Waals surface area contributed by atoms with Crippen LogP contribution < -0.4 is 5.32 Å². The highest BCUT2D eigenvalue weighted by molar-refractivity contribution is 7.10. The van der Waals surface area contributed by atoms with Gasteiger partial charge < -0.3 is 10.2 Å². The minimum atomic E-state index is -0.146. The van der Waals surface area contributed by atoms with E-state index in [0.717, 1.165) is 10.4 Å². The van der Waals surface area contributed by atoms with E-state index in [1.807, 2.05) is 36.6 Å². The Morgan fingerprint density at radius 3 is 2.76 bits per heavy atom. The zero-order valence-electron chi connectivity index (χ0n) is 11.8. The first-order chi connectivity index (χ1) is 9.99. The quantitative estimate of drug-likeness (QED) is 0.836. The van der Waals surface area contributed by atoms with E-state index in [-0.39, 0.29) is 12.1 Å². The molecule has 0 aliphatic carbocycles. The van der Waals surface area contributed by atoms with Gasteiger partial charge in [0.2, 0.25) is 0 Å². The van der Waals surface area contributed by atoms with Gasteiger partial charge in [0.15, 0.2) is 0 Å². The molecule has 2 amide bonds. The zero-order chi connectivity index (χ0) is 15.4. The summed E-state index contributed by atoms with van der Waals surface area (Å²) in [5.41, 5.74) is 0.825. The van der Waals surface area contributed by atoms with E-state index in [9.17, 15) is 4.79 Å². The molecule has 0 aliphatic rings. The van der Waals surface area contributed by atoms with Gasteiger partial charge >= 0.3 is 6.03 Å². The van der Waals surface area contributed by atoms with Gasteiger partial charge in [-0.3, -0.25) is 0 Å². The number of hydrogen-bond donors (Lipinski definition) is 1. The third kappa shape index (κ3) is 4.13. The Bertz CT molecular complexity index is 616. The normalized spacial score (nSPS) is 12.0. The highest BCUT2D eigenvalue weighted by Gasteiger charge is 2.15. The first-order valence-corrected chi connectivity index (χ1v) is 8.10. The maximum atomic E-state index is 12.2. The monoisotopic (exact) mass is 342 g/mol. The number of halogens is 2. The second-order valence-electron chi connectivity index (χ2n) is 4.76. The van der Waals surface area contributed by atoms with E-state index in [4.69, 9.17) is 23.2 Å². The zero-order valence-corrected chi connectivity index (χ0v) is 14.1. The number of carbonyl (C=O) groups excluding carboxylic acids is 1. The van der Waals surface area contributed by atoms with Crippen molar-refractivity contribution in [1.29, 1.82) is 0 Å². The fourth-order valence-electron chi connectivity index (χ4n) is 1.90. The molecule has 1 atom stereocenters. The summed E-state index contributed by atoms with van der Waals surface area (Å²) < 4.78 is 0. The molecule has 0 unspecified atom stereocenters. The Labute approximate surface area is 138 Å². The molecule has 0 saturated carbocycles. The number of thiophene rings is 1. The van der Waals surface area contributed by atoms with Gasteiger partial charge in [-0.1, -0.05) is 41.4 Å². The summed E-state index contributed by atoms with van der Waals surface area (Å²) in [5.74, 6) is 0.